The summed E-state index contributed by atoms with van der Waals surface area (Å²) in [5, 5.41) is 0.704. The Morgan fingerprint density at radius 1 is 1.15 bits per heavy atom. The molecule has 0 saturated heterocycles. The number of hydrogen-bond acceptors (Lipinski definition) is 6. The van der Waals surface area contributed by atoms with Crippen LogP contribution in [0.3, 0.4) is 0 Å². The molecule has 2 aromatic heterocycles. The van der Waals surface area contributed by atoms with E-state index in [0.29, 0.717) is 23.2 Å². The highest BCUT2D eigenvalue weighted by molar-refractivity contribution is 7.22. The number of imidazole rings is 1. The first-order valence-corrected chi connectivity index (χ1v) is 12.0. The second kappa shape index (κ2) is 11.0. The Labute approximate surface area is 203 Å². The molecule has 1 amide bonds. The van der Waals surface area contributed by atoms with E-state index in [1.807, 2.05) is 35.0 Å². The fraction of sp³-hybridized carbons (Fsp3) is 0.269. The quantitative estimate of drug-likeness (QED) is 0.294. The molecule has 2 heterocycles. The van der Waals surface area contributed by atoms with Gasteiger partial charge < -0.3 is 14.0 Å². The highest BCUT2D eigenvalue weighted by Crippen LogP contribution is 2.31. The van der Waals surface area contributed by atoms with Gasteiger partial charge in [0.05, 0.1) is 30.8 Å². The van der Waals surface area contributed by atoms with Gasteiger partial charge in [-0.25, -0.2) is 9.97 Å². The number of aromatic nitrogens is 3. The van der Waals surface area contributed by atoms with E-state index in [1.54, 1.807) is 55.1 Å². The summed E-state index contributed by atoms with van der Waals surface area (Å²) >= 11 is 1.55. The van der Waals surface area contributed by atoms with Crippen molar-refractivity contribution in [1.29, 1.82) is 0 Å². The molecule has 0 aliphatic heterocycles. The normalized spacial score (nSPS) is 11.3. The van der Waals surface area contributed by atoms with Crippen LogP contribution in [0.4, 0.5) is 5.13 Å². The second-order valence-corrected chi connectivity index (χ2v) is 8.75. The summed E-state index contributed by atoms with van der Waals surface area (Å²) in [6, 6.07) is 11.8. The molecular formula is C26H28N4O3S. The number of fused-ring (bicyclic) bond motifs is 1. The summed E-state index contributed by atoms with van der Waals surface area (Å²) in [5.41, 5.74) is 3.02. The fourth-order valence-corrected chi connectivity index (χ4v) is 4.70. The van der Waals surface area contributed by atoms with Crippen LogP contribution in [0, 0.1) is 0 Å². The molecule has 0 radical (unpaired) electrons. The number of methoxy groups -OCH3 is 2. The SMILES string of the molecule is CCc1ccc2nc(N(CCCn3ccnc3)C(=O)/C=C/c3ccc(OC)c(OC)c3)sc2c1. The lowest BCUT2D eigenvalue weighted by atomic mass is 10.2. The predicted octanol–water partition coefficient (Wildman–Crippen LogP) is 5.21. The number of carbonyl (C=O) groups excluding carboxylic acids is 1. The summed E-state index contributed by atoms with van der Waals surface area (Å²) in [6.45, 7) is 3.45. The lowest BCUT2D eigenvalue weighted by Crippen LogP contribution is -2.30. The van der Waals surface area contributed by atoms with Crippen LogP contribution in [-0.4, -0.2) is 41.2 Å². The summed E-state index contributed by atoms with van der Waals surface area (Å²) in [6.07, 6.45) is 10.6. The van der Waals surface area contributed by atoms with Crippen molar-refractivity contribution in [1.82, 2.24) is 14.5 Å². The predicted molar refractivity (Wildman–Crippen MR) is 137 cm³/mol. The van der Waals surface area contributed by atoms with Crippen LogP contribution in [0.15, 0.2) is 61.2 Å². The fourth-order valence-electron chi connectivity index (χ4n) is 3.64. The van der Waals surface area contributed by atoms with Gasteiger partial charge in [0.1, 0.15) is 0 Å². The average Bonchev–Trinajstić information content (AvgIpc) is 3.54. The molecule has 4 aromatic rings. The minimum atomic E-state index is -0.116. The molecular weight excluding hydrogens is 448 g/mol. The number of ether oxygens (including phenoxy) is 2. The third kappa shape index (κ3) is 5.46. The summed E-state index contributed by atoms with van der Waals surface area (Å²) in [4.78, 5) is 23.9. The van der Waals surface area contributed by atoms with Crippen LogP contribution < -0.4 is 14.4 Å². The Morgan fingerprint density at radius 3 is 2.74 bits per heavy atom. The van der Waals surface area contributed by atoms with Crippen molar-refractivity contribution in [3.63, 3.8) is 0 Å². The van der Waals surface area contributed by atoms with Crippen LogP contribution in [0.1, 0.15) is 24.5 Å². The number of anilines is 1. The van der Waals surface area contributed by atoms with Gasteiger partial charge in [0.15, 0.2) is 16.6 Å². The van der Waals surface area contributed by atoms with E-state index in [1.165, 1.54) is 5.56 Å². The number of hydrogen-bond donors (Lipinski definition) is 0. The Hall–Kier alpha value is -3.65. The molecule has 2 aromatic carbocycles. The monoisotopic (exact) mass is 476 g/mol. The van der Waals surface area contributed by atoms with Crippen molar-refractivity contribution >= 4 is 38.7 Å². The third-order valence-electron chi connectivity index (χ3n) is 5.53. The molecule has 0 aliphatic carbocycles. The lowest BCUT2D eigenvalue weighted by molar-refractivity contribution is -0.114. The number of nitrogens with zero attached hydrogens (tertiary/aromatic N) is 4. The van der Waals surface area contributed by atoms with Crippen molar-refractivity contribution in [2.45, 2.75) is 26.3 Å². The van der Waals surface area contributed by atoms with Gasteiger partial charge in [-0.1, -0.05) is 30.4 Å². The van der Waals surface area contributed by atoms with Crippen LogP contribution in [-0.2, 0) is 17.8 Å². The number of thiazole rings is 1. The maximum Gasteiger partial charge on any atom is 0.252 e. The lowest BCUT2D eigenvalue weighted by Gasteiger charge is -2.18. The van der Waals surface area contributed by atoms with E-state index in [0.717, 1.165) is 35.2 Å². The highest BCUT2D eigenvalue weighted by atomic mass is 32.1. The Kier molecular flexibility index (Phi) is 7.59. The molecule has 4 rings (SSSR count). The molecule has 0 aliphatic rings. The minimum Gasteiger partial charge on any atom is -0.493 e. The Morgan fingerprint density at radius 2 is 2.00 bits per heavy atom. The van der Waals surface area contributed by atoms with Crippen molar-refractivity contribution in [2.75, 3.05) is 25.7 Å². The molecule has 7 nitrogen and oxygen atoms in total. The van der Waals surface area contributed by atoms with E-state index in [4.69, 9.17) is 14.5 Å². The molecule has 0 unspecified atom stereocenters. The second-order valence-electron chi connectivity index (χ2n) is 7.74. The number of carbonyl (C=O) groups is 1. The van der Waals surface area contributed by atoms with Crippen LogP contribution >= 0.6 is 11.3 Å². The molecule has 34 heavy (non-hydrogen) atoms. The van der Waals surface area contributed by atoms with Gasteiger partial charge in [-0.3, -0.25) is 9.69 Å². The minimum absolute atomic E-state index is 0.116. The summed E-state index contributed by atoms with van der Waals surface area (Å²) < 4.78 is 13.8. The van der Waals surface area contributed by atoms with Gasteiger partial charge in [0.25, 0.3) is 5.91 Å². The molecule has 0 fully saturated rings. The largest absolute Gasteiger partial charge is 0.493 e. The summed E-state index contributed by atoms with van der Waals surface area (Å²) in [5.74, 6) is 1.15. The van der Waals surface area contributed by atoms with E-state index in [2.05, 4.69) is 24.0 Å². The zero-order valence-corrected chi connectivity index (χ0v) is 20.4. The van der Waals surface area contributed by atoms with E-state index in [9.17, 15) is 4.79 Å². The van der Waals surface area contributed by atoms with E-state index < -0.39 is 0 Å². The Bertz CT molecular complexity index is 1280. The molecule has 0 N–H and O–H groups in total. The van der Waals surface area contributed by atoms with Crippen molar-refractivity contribution in [2.24, 2.45) is 0 Å². The number of amides is 1. The first-order chi connectivity index (χ1) is 16.6. The van der Waals surface area contributed by atoms with Crippen molar-refractivity contribution in [3.05, 3.63) is 72.3 Å². The van der Waals surface area contributed by atoms with Crippen molar-refractivity contribution < 1.29 is 14.3 Å². The van der Waals surface area contributed by atoms with Gasteiger partial charge in [0.2, 0.25) is 0 Å². The van der Waals surface area contributed by atoms with Gasteiger partial charge in [-0.2, -0.15) is 0 Å². The highest BCUT2D eigenvalue weighted by Gasteiger charge is 2.18. The average molecular weight is 477 g/mol. The van der Waals surface area contributed by atoms with Gasteiger partial charge in [-0.05, 0) is 54.3 Å². The van der Waals surface area contributed by atoms with Gasteiger partial charge >= 0.3 is 0 Å². The number of aryl methyl sites for hydroxylation is 2. The first kappa shape index (κ1) is 23.5. The molecule has 0 atom stereocenters. The molecule has 8 heteroatoms. The maximum atomic E-state index is 13.3. The topological polar surface area (TPSA) is 69.5 Å². The Balaban J connectivity index is 1.57. The first-order valence-electron chi connectivity index (χ1n) is 11.2. The van der Waals surface area contributed by atoms with Crippen LogP contribution in [0.25, 0.3) is 16.3 Å². The van der Waals surface area contributed by atoms with E-state index >= 15 is 0 Å². The zero-order valence-electron chi connectivity index (χ0n) is 19.6. The standard InChI is InChI=1S/C26H28N4O3S/c1-4-19-6-9-21-24(17-19)34-26(28-21)30(14-5-13-29-15-12-27-18-29)25(31)11-8-20-7-10-22(32-2)23(16-20)33-3/h6-12,15-18H,4-5,13-14H2,1-3H3/b11-8+. The zero-order chi connectivity index (χ0) is 23.9. The van der Waals surface area contributed by atoms with Crippen LogP contribution in [0.2, 0.25) is 0 Å². The maximum absolute atomic E-state index is 13.3. The smallest absolute Gasteiger partial charge is 0.252 e. The van der Waals surface area contributed by atoms with Gasteiger partial charge in [0, 0.05) is 31.6 Å². The van der Waals surface area contributed by atoms with Crippen molar-refractivity contribution in [3.8, 4) is 11.5 Å². The summed E-state index contributed by atoms with van der Waals surface area (Å²) in [7, 11) is 3.19. The number of rotatable bonds is 10. The molecule has 176 valence electrons. The third-order valence-corrected chi connectivity index (χ3v) is 6.57. The molecule has 0 spiro atoms. The molecule has 0 saturated carbocycles. The van der Waals surface area contributed by atoms with Crippen LogP contribution in [0.5, 0.6) is 11.5 Å². The number of benzene rings is 2. The van der Waals surface area contributed by atoms with E-state index in [-0.39, 0.29) is 5.91 Å². The molecule has 0 bridgehead atoms. The van der Waals surface area contributed by atoms with Gasteiger partial charge in [-0.15, -0.1) is 0 Å².